The molecule has 1 fully saturated rings. The van der Waals surface area contributed by atoms with Crippen LogP contribution in [0.5, 0.6) is 0 Å². The van der Waals surface area contributed by atoms with E-state index in [0.717, 1.165) is 24.2 Å². The Labute approximate surface area is 183 Å². The third-order valence-corrected chi connectivity index (χ3v) is 6.54. The largest absolute Gasteiger partial charge is 0.383 e. The number of hydrogen-bond acceptors (Lipinski definition) is 7. The Kier molecular flexibility index (Phi) is 7.47. The van der Waals surface area contributed by atoms with Crippen LogP contribution in [0.3, 0.4) is 0 Å². The zero-order chi connectivity index (χ0) is 22.4. The van der Waals surface area contributed by atoms with E-state index in [-0.39, 0.29) is 16.5 Å². The maximum atomic E-state index is 12.9. The van der Waals surface area contributed by atoms with E-state index >= 15 is 0 Å². The lowest BCUT2D eigenvalue weighted by molar-refractivity contribution is 0.0937. The van der Waals surface area contributed by atoms with Crippen molar-refractivity contribution in [2.45, 2.75) is 18.7 Å². The topological polar surface area (TPSA) is 113 Å². The molecule has 2 heterocycles. The zero-order valence-corrected chi connectivity index (χ0v) is 18.9. The predicted molar refractivity (Wildman–Crippen MR) is 120 cm³/mol. The molecule has 1 aromatic heterocycles. The summed E-state index contributed by atoms with van der Waals surface area (Å²) in [7, 11) is -2.26. The number of carbonyl (C=O) groups is 1. The molecule has 31 heavy (non-hydrogen) atoms. The molecule has 0 unspecified atom stereocenters. The van der Waals surface area contributed by atoms with Crippen molar-refractivity contribution in [2.75, 3.05) is 56.1 Å². The molecular formula is C21H29N5O4S. The zero-order valence-electron chi connectivity index (χ0n) is 18.1. The minimum Gasteiger partial charge on any atom is -0.383 e. The second-order valence-corrected chi connectivity index (χ2v) is 9.11. The molecule has 0 aliphatic carbocycles. The van der Waals surface area contributed by atoms with Gasteiger partial charge < -0.3 is 20.3 Å². The number of aryl methyl sites for hydroxylation is 2. The van der Waals surface area contributed by atoms with Crippen LogP contribution in [0.4, 0.5) is 11.5 Å². The molecule has 1 aliphatic rings. The third-order valence-electron chi connectivity index (χ3n) is 5.16. The van der Waals surface area contributed by atoms with Gasteiger partial charge in [0.2, 0.25) is 0 Å². The standard InChI is InChI=1S/C21H29N5O4S/c1-15-4-5-18(12-16(15)2)31(28,29)25-17-13-19(21(27)23-8-11-30-3)20(24-14-17)26-9-6-22-7-10-26/h4-5,12-14,22,25H,6-11H2,1-3H3,(H,23,27). The third kappa shape index (κ3) is 5.72. The summed E-state index contributed by atoms with van der Waals surface area (Å²) in [5, 5.41) is 6.06. The molecular weight excluding hydrogens is 418 g/mol. The summed E-state index contributed by atoms with van der Waals surface area (Å²) >= 11 is 0. The van der Waals surface area contributed by atoms with Gasteiger partial charge in [0.25, 0.3) is 15.9 Å². The van der Waals surface area contributed by atoms with E-state index in [1.54, 1.807) is 25.3 Å². The van der Waals surface area contributed by atoms with Gasteiger partial charge in [-0.05, 0) is 43.2 Å². The molecule has 168 valence electrons. The van der Waals surface area contributed by atoms with Gasteiger partial charge in [0, 0.05) is 39.8 Å². The smallest absolute Gasteiger partial charge is 0.261 e. The molecule has 1 aromatic carbocycles. The fraction of sp³-hybridized carbons (Fsp3) is 0.429. The van der Waals surface area contributed by atoms with Crippen molar-refractivity contribution >= 4 is 27.4 Å². The van der Waals surface area contributed by atoms with Crippen molar-refractivity contribution in [1.82, 2.24) is 15.6 Å². The molecule has 2 aromatic rings. The monoisotopic (exact) mass is 447 g/mol. The fourth-order valence-corrected chi connectivity index (χ4v) is 4.38. The second-order valence-electron chi connectivity index (χ2n) is 7.43. The first-order chi connectivity index (χ1) is 14.8. The first kappa shape index (κ1) is 23.0. The van der Waals surface area contributed by atoms with Crippen LogP contribution in [0.25, 0.3) is 0 Å². The van der Waals surface area contributed by atoms with Crippen molar-refractivity contribution < 1.29 is 17.9 Å². The summed E-state index contributed by atoms with van der Waals surface area (Å²) < 4.78 is 33.3. The highest BCUT2D eigenvalue weighted by Gasteiger charge is 2.22. The highest BCUT2D eigenvalue weighted by molar-refractivity contribution is 7.92. The molecule has 1 aliphatic heterocycles. The summed E-state index contributed by atoms with van der Waals surface area (Å²) in [5.74, 6) is 0.204. The number of aromatic nitrogens is 1. The number of methoxy groups -OCH3 is 1. The highest BCUT2D eigenvalue weighted by Crippen LogP contribution is 2.24. The molecule has 0 bridgehead atoms. The average Bonchev–Trinajstić information content (AvgIpc) is 2.76. The van der Waals surface area contributed by atoms with E-state index in [4.69, 9.17) is 4.74 Å². The number of benzene rings is 1. The van der Waals surface area contributed by atoms with Crippen molar-refractivity contribution in [3.8, 4) is 0 Å². The molecule has 10 heteroatoms. The minimum atomic E-state index is -3.82. The van der Waals surface area contributed by atoms with E-state index in [1.807, 2.05) is 18.7 Å². The summed E-state index contributed by atoms with van der Waals surface area (Å²) in [5.41, 5.74) is 2.44. The molecule has 0 radical (unpaired) electrons. The van der Waals surface area contributed by atoms with Crippen molar-refractivity contribution in [2.24, 2.45) is 0 Å². The van der Waals surface area contributed by atoms with Gasteiger partial charge in [-0.2, -0.15) is 0 Å². The summed E-state index contributed by atoms with van der Waals surface area (Å²) in [6, 6.07) is 6.49. The van der Waals surface area contributed by atoms with Gasteiger partial charge >= 0.3 is 0 Å². The van der Waals surface area contributed by atoms with Crippen LogP contribution in [0.1, 0.15) is 21.5 Å². The number of nitrogens with one attached hydrogen (secondary N) is 3. The van der Waals surface area contributed by atoms with E-state index < -0.39 is 10.0 Å². The van der Waals surface area contributed by atoms with Crippen LogP contribution in [-0.2, 0) is 14.8 Å². The number of hydrogen-bond donors (Lipinski definition) is 3. The van der Waals surface area contributed by atoms with Crippen molar-refractivity contribution in [3.63, 3.8) is 0 Å². The van der Waals surface area contributed by atoms with Gasteiger partial charge in [-0.15, -0.1) is 0 Å². The molecule has 0 atom stereocenters. The number of anilines is 2. The summed E-state index contributed by atoms with van der Waals surface area (Å²) in [6.45, 7) is 7.49. The van der Waals surface area contributed by atoms with Gasteiger partial charge in [0.15, 0.2) is 0 Å². The fourth-order valence-electron chi connectivity index (χ4n) is 3.27. The first-order valence-electron chi connectivity index (χ1n) is 10.1. The van der Waals surface area contributed by atoms with Gasteiger partial charge in [0.05, 0.1) is 29.0 Å². The maximum absolute atomic E-state index is 12.9. The van der Waals surface area contributed by atoms with Crippen molar-refractivity contribution in [3.05, 3.63) is 47.2 Å². The quantitative estimate of drug-likeness (QED) is 0.523. The van der Waals surface area contributed by atoms with Gasteiger partial charge in [-0.3, -0.25) is 9.52 Å². The minimum absolute atomic E-state index is 0.160. The van der Waals surface area contributed by atoms with Gasteiger partial charge in [-0.25, -0.2) is 13.4 Å². The predicted octanol–water partition coefficient (Wildman–Crippen LogP) is 1.29. The Morgan fingerprint density at radius 1 is 1.19 bits per heavy atom. The summed E-state index contributed by atoms with van der Waals surface area (Å²) in [6.07, 6.45) is 1.45. The Bertz CT molecular complexity index is 1040. The molecule has 0 saturated carbocycles. The highest BCUT2D eigenvalue weighted by atomic mass is 32.2. The van der Waals surface area contributed by atoms with Crippen LogP contribution in [0.15, 0.2) is 35.4 Å². The molecule has 1 saturated heterocycles. The first-order valence-corrected chi connectivity index (χ1v) is 11.6. The van der Waals surface area contributed by atoms with Crippen molar-refractivity contribution in [1.29, 1.82) is 0 Å². The van der Waals surface area contributed by atoms with Gasteiger partial charge in [0.1, 0.15) is 5.82 Å². The second kappa shape index (κ2) is 10.1. The average molecular weight is 448 g/mol. The lowest BCUT2D eigenvalue weighted by Crippen LogP contribution is -2.44. The van der Waals surface area contributed by atoms with Crippen LogP contribution in [0.2, 0.25) is 0 Å². The number of pyridine rings is 1. The number of sulfonamides is 1. The Morgan fingerprint density at radius 3 is 2.61 bits per heavy atom. The molecule has 3 rings (SSSR count). The molecule has 9 nitrogen and oxygen atoms in total. The number of amides is 1. The number of carbonyl (C=O) groups excluding carboxylic acids is 1. The van der Waals surface area contributed by atoms with Crippen LogP contribution >= 0.6 is 0 Å². The SMILES string of the molecule is COCCNC(=O)c1cc(NS(=O)(=O)c2ccc(C)c(C)c2)cnc1N1CCNCC1. The molecule has 1 amide bonds. The van der Waals surface area contributed by atoms with E-state index in [9.17, 15) is 13.2 Å². The molecule has 0 spiro atoms. The molecule has 3 N–H and O–H groups in total. The van der Waals surface area contributed by atoms with Crippen LogP contribution < -0.4 is 20.3 Å². The van der Waals surface area contributed by atoms with Gasteiger partial charge in [-0.1, -0.05) is 6.07 Å². The lowest BCUT2D eigenvalue weighted by atomic mass is 10.1. The Balaban J connectivity index is 1.90. The number of piperazine rings is 1. The van der Waals surface area contributed by atoms with Crippen LogP contribution in [-0.4, -0.2) is 65.7 Å². The Morgan fingerprint density at radius 2 is 1.94 bits per heavy atom. The number of nitrogens with zero attached hydrogens (tertiary/aromatic N) is 2. The van der Waals surface area contributed by atoms with E-state index in [1.165, 1.54) is 12.3 Å². The number of rotatable bonds is 8. The lowest BCUT2D eigenvalue weighted by Gasteiger charge is -2.30. The van der Waals surface area contributed by atoms with Crippen LogP contribution in [0, 0.1) is 13.8 Å². The van der Waals surface area contributed by atoms with E-state index in [0.29, 0.717) is 37.6 Å². The Hall–Kier alpha value is -2.69. The van der Waals surface area contributed by atoms with E-state index in [2.05, 4.69) is 20.3 Å². The number of ether oxygens (including phenoxy) is 1. The summed E-state index contributed by atoms with van der Waals surface area (Å²) in [4.78, 5) is 19.4. The normalized spacial score (nSPS) is 14.4. The maximum Gasteiger partial charge on any atom is 0.261 e.